The van der Waals surface area contributed by atoms with Crippen molar-refractivity contribution in [1.29, 1.82) is 0 Å². The van der Waals surface area contributed by atoms with Crippen molar-refractivity contribution in [2.75, 3.05) is 13.1 Å². The Morgan fingerprint density at radius 1 is 1.05 bits per heavy atom. The van der Waals surface area contributed by atoms with Crippen molar-refractivity contribution < 1.29 is 19.5 Å². The van der Waals surface area contributed by atoms with Crippen molar-refractivity contribution in [3.05, 3.63) is 89.2 Å². The minimum atomic E-state index is -1.17. The molecule has 1 aliphatic carbocycles. The highest BCUT2D eigenvalue weighted by molar-refractivity contribution is 5.93. The van der Waals surface area contributed by atoms with Crippen LogP contribution in [0.4, 0.5) is 4.79 Å². The van der Waals surface area contributed by atoms with Crippen molar-refractivity contribution in [3.63, 3.8) is 0 Å². The molecule has 9 heteroatoms. The molecule has 1 unspecified atom stereocenters. The van der Waals surface area contributed by atoms with E-state index in [-0.39, 0.29) is 11.8 Å². The van der Waals surface area contributed by atoms with E-state index in [1.807, 2.05) is 66.9 Å². The fraction of sp³-hybridized carbons (Fsp3) is 0.455. The third kappa shape index (κ3) is 6.20. The van der Waals surface area contributed by atoms with Crippen LogP contribution < -0.4 is 5.32 Å². The van der Waals surface area contributed by atoms with Crippen LogP contribution >= 0.6 is 0 Å². The van der Waals surface area contributed by atoms with Crippen LogP contribution in [0.3, 0.4) is 0 Å². The Balaban J connectivity index is 1.44. The number of fused-ring (bicyclic) bond motifs is 1. The predicted molar refractivity (Wildman–Crippen MR) is 160 cm³/mol. The number of rotatable bonds is 8. The molecule has 5 rings (SSSR count). The van der Waals surface area contributed by atoms with Crippen LogP contribution in [0.5, 0.6) is 0 Å². The summed E-state index contributed by atoms with van der Waals surface area (Å²) < 4.78 is 0. The van der Waals surface area contributed by atoms with Crippen LogP contribution in [-0.2, 0) is 22.4 Å². The number of aromatic nitrogens is 2. The van der Waals surface area contributed by atoms with Crippen molar-refractivity contribution in [1.82, 2.24) is 25.3 Å². The van der Waals surface area contributed by atoms with Crippen LogP contribution in [0.2, 0.25) is 0 Å². The molecule has 2 heterocycles. The van der Waals surface area contributed by atoms with Crippen LogP contribution in [0.1, 0.15) is 68.3 Å². The third-order valence-corrected chi connectivity index (χ3v) is 8.60. The molecule has 42 heavy (non-hydrogen) atoms. The Hall–Kier alpha value is -4.14. The summed E-state index contributed by atoms with van der Waals surface area (Å²) in [5.74, 6) is -0.776. The van der Waals surface area contributed by atoms with Gasteiger partial charge in [-0.2, -0.15) is 5.10 Å². The Labute approximate surface area is 247 Å². The largest absolute Gasteiger partial charge is 0.465 e. The first-order valence-corrected chi connectivity index (χ1v) is 14.9. The summed E-state index contributed by atoms with van der Waals surface area (Å²) in [5, 5.41) is 20.9. The van der Waals surface area contributed by atoms with E-state index in [9.17, 15) is 19.5 Å². The first-order valence-electron chi connectivity index (χ1n) is 14.9. The summed E-state index contributed by atoms with van der Waals surface area (Å²) in [7, 11) is 0. The van der Waals surface area contributed by atoms with Gasteiger partial charge >= 0.3 is 6.09 Å². The van der Waals surface area contributed by atoms with Crippen molar-refractivity contribution in [2.24, 2.45) is 5.92 Å². The molecule has 3 N–H and O–H groups in total. The van der Waals surface area contributed by atoms with E-state index < -0.39 is 29.6 Å². The summed E-state index contributed by atoms with van der Waals surface area (Å²) in [6, 6.07) is 17.4. The molecule has 222 valence electrons. The predicted octanol–water partition coefficient (Wildman–Crippen LogP) is 4.60. The number of amides is 3. The van der Waals surface area contributed by atoms with Crippen LogP contribution in [0, 0.1) is 5.92 Å². The van der Waals surface area contributed by atoms with Gasteiger partial charge in [0.1, 0.15) is 12.1 Å². The number of benzene rings is 2. The van der Waals surface area contributed by atoms with Crippen LogP contribution in [0.15, 0.2) is 66.9 Å². The first kappa shape index (κ1) is 29.4. The number of H-pyrrole nitrogens is 1. The van der Waals surface area contributed by atoms with Crippen LogP contribution in [0.25, 0.3) is 0 Å². The van der Waals surface area contributed by atoms with Gasteiger partial charge in [-0.05, 0) is 75.5 Å². The van der Waals surface area contributed by atoms with E-state index in [4.69, 9.17) is 0 Å². The van der Waals surface area contributed by atoms with E-state index in [0.29, 0.717) is 31.8 Å². The molecule has 0 radical (unpaired) electrons. The number of aryl methyl sites for hydroxylation is 1. The topological polar surface area (TPSA) is 119 Å². The van der Waals surface area contributed by atoms with Gasteiger partial charge in [-0.3, -0.25) is 19.6 Å². The van der Waals surface area contributed by atoms with Crippen LogP contribution in [-0.4, -0.2) is 73.7 Å². The molecule has 0 spiro atoms. The van der Waals surface area contributed by atoms with Gasteiger partial charge in [0, 0.05) is 30.7 Å². The minimum Gasteiger partial charge on any atom is -0.465 e. The molecule has 3 amide bonds. The zero-order valence-electron chi connectivity index (χ0n) is 24.6. The second kappa shape index (κ2) is 12.4. The molecule has 1 aromatic heterocycles. The molecule has 2 aromatic carbocycles. The molecule has 9 nitrogen and oxygen atoms in total. The first-order chi connectivity index (χ1) is 20.1. The molecular weight excluding hydrogens is 530 g/mol. The highest BCUT2D eigenvalue weighted by Crippen LogP contribution is 2.37. The van der Waals surface area contributed by atoms with E-state index in [0.717, 1.165) is 36.1 Å². The quantitative estimate of drug-likeness (QED) is 0.365. The highest BCUT2D eigenvalue weighted by Gasteiger charge is 2.47. The Morgan fingerprint density at radius 3 is 2.29 bits per heavy atom. The Kier molecular flexibility index (Phi) is 8.66. The number of hydrogen-bond donors (Lipinski definition) is 3. The smallest absolute Gasteiger partial charge is 0.408 e. The van der Waals surface area contributed by atoms with Crippen molar-refractivity contribution in [2.45, 2.75) is 76.4 Å². The summed E-state index contributed by atoms with van der Waals surface area (Å²) in [4.78, 5) is 44.1. The highest BCUT2D eigenvalue weighted by atomic mass is 16.4. The number of aromatic amines is 1. The van der Waals surface area contributed by atoms with E-state index in [1.54, 1.807) is 25.7 Å². The average molecular weight is 572 g/mol. The number of carboxylic acid groups (broad SMARTS) is 1. The van der Waals surface area contributed by atoms with Gasteiger partial charge in [-0.15, -0.1) is 0 Å². The van der Waals surface area contributed by atoms with Gasteiger partial charge in [-0.25, -0.2) is 4.79 Å². The monoisotopic (exact) mass is 571 g/mol. The zero-order chi connectivity index (χ0) is 29.9. The lowest BCUT2D eigenvalue weighted by Gasteiger charge is -2.44. The summed E-state index contributed by atoms with van der Waals surface area (Å²) in [6.07, 6.45) is 4.67. The van der Waals surface area contributed by atoms with E-state index >= 15 is 0 Å². The number of nitrogens with zero attached hydrogens (tertiary/aromatic N) is 3. The van der Waals surface area contributed by atoms with Gasteiger partial charge < -0.3 is 15.3 Å². The molecule has 3 aromatic rings. The molecule has 2 aliphatic rings. The molecule has 3 atom stereocenters. The minimum absolute atomic E-state index is 0.175. The standard InChI is InChI=1S/C33H41N5O4/c1-33(2,3)38(32(41)42)29(28(23-11-6-4-7-12-23)24-13-8-5-9-14-24)31(40)37-18-10-15-27(37)30(39)34-20-22-16-17-26-25(19-22)21-35-36-26/h4-9,11-14,21-22,27-29H,10,15-20H2,1-3H3,(H,34,39)(H,35,36)(H,41,42)/t22?,27-,29+/m0/s1. The Bertz CT molecular complexity index is 1340. The SMILES string of the molecule is CC(C)(C)N(C(=O)O)[C@@H](C(=O)N1CCC[C@H]1C(=O)NCC1CCc2n[nH]cc2C1)C(c1ccccc1)c1ccccc1. The van der Waals surface area contributed by atoms with Crippen molar-refractivity contribution in [3.8, 4) is 0 Å². The van der Waals surface area contributed by atoms with Gasteiger partial charge in [-0.1, -0.05) is 60.7 Å². The van der Waals surface area contributed by atoms with Gasteiger partial charge in [0.15, 0.2) is 0 Å². The van der Waals surface area contributed by atoms with Gasteiger partial charge in [0.05, 0.1) is 5.69 Å². The summed E-state index contributed by atoms with van der Waals surface area (Å²) in [6.45, 7) is 6.35. The number of likely N-dealkylation sites (tertiary alicyclic amines) is 1. The number of carbonyl (C=O) groups is 3. The second-order valence-corrected chi connectivity index (χ2v) is 12.5. The van der Waals surface area contributed by atoms with E-state index in [1.165, 1.54) is 10.5 Å². The summed E-state index contributed by atoms with van der Waals surface area (Å²) >= 11 is 0. The fourth-order valence-corrected chi connectivity index (χ4v) is 6.60. The van der Waals surface area contributed by atoms with Gasteiger partial charge in [0.2, 0.25) is 11.8 Å². The molecular formula is C33H41N5O4. The zero-order valence-corrected chi connectivity index (χ0v) is 24.6. The lowest BCUT2D eigenvalue weighted by atomic mass is 9.82. The maximum Gasteiger partial charge on any atom is 0.408 e. The lowest BCUT2D eigenvalue weighted by molar-refractivity contribution is -0.144. The Morgan fingerprint density at radius 2 is 1.69 bits per heavy atom. The fourth-order valence-electron chi connectivity index (χ4n) is 6.60. The summed E-state index contributed by atoms with van der Waals surface area (Å²) in [5.41, 5.74) is 3.11. The van der Waals surface area contributed by atoms with Gasteiger partial charge in [0.25, 0.3) is 0 Å². The van der Waals surface area contributed by atoms with Crippen molar-refractivity contribution >= 4 is 17.9 Å². The van der Waals surface area contributed by atoms with E-state index in [2.05, 4.69) is 15.5 Å². The number of nitrogens with one attached hydrogen (secondary N) is 2. The molecule has 1 aliphatic heterocycles. The average Bonchev–Trinajstić information content (AvgIpc) is 3.65. The number of carbonyl (C=O) groups excluding carboxylic acids is 2. The lowest BCUT2D eigenvalue weighted by Crippen LogP contribution is -2.61. The molecule has 1 fully saturated rings. The normalized spacial score (nSPS) is 19.3. The maximum atomic E-state index is 14.7. The number of hydrogen-bond acceptors (Lipinski definition) is 4. The third-order valence-electron chi connectivity index (χ3n) is 8.60. The second-order valence-electron chi connectivity index (χ2n) is 12.5. The molecule has 0 bridgehead atoms. The molecule has 0 saturated carbocycles. The maximum absolute atomic E-state index is 14.7. The molecule has 1 saturated heterocycles.